The molecule has 0 aliphatic carbocycles. The highest BCUT2D eigenvalue weighted by Gasteiger charge is 2.31. The van der Waals surface area contributed by atoms with Gasteiger partial charge in [-0.3, -0.25) is 4.79 Å². The standard InChI is InChI=1S/C24H26F3N5O/c1-16-23(17(2)32(30-16)19-8-4-3-5-9-19)29-22(33)15-28-20-14-18(24(25,26)27)10-11-21(20)31-12-6-7-13-31/h3-5,8-11,14,28H,6-7,12-13,15H2,1-2H3,(H,29,33). The highest BCUT2D eigenvalue weighted by Crippen LogP contribution is 2.36. The number of nitrogens with one attached hydrogen (secondary N) is 2. The van der Waals surface area contributed by atoms with Gasteiger partial charge in [-0.25, -0.2) is 4.68 Å². The van der Waals surface area contributed by atoms with E-state index in [4.69, 9.17) is 0 Å². The van der Waals surface area contributed by atoms with Crippen molar-refractivity contribution in [2.75, 3.05) is 35.2 Å². The van der Waals surface area contributed by atoms with Crippen LogP contribution in [0.4, 0.5) is 30.2 Å². The second kappa shape index (κ2) is 9.17. The lowest BCUT2D eigenvalue weighted by atomic mass is 10.1. The van der Waals surface area contributed by atoms with Gasteiger partial charge in [0, 0.05) is 13.1 Å². The number of rotatable bonds is 6. The number of carbonyl (C=O) groups is 1. The van der Waals surface area contributed by atoms with Gasteiger partial charge in [0.25, 0.3) is 0 Å². The van der Waals surface area contributed by atoms with E-state index in [2.05, 4.69) is 15.7 Å². The molecule has 2 N–H and O–H groups in total. The van der Waals surface area contributed by atoms with Crippen LogP contribution in [-0.4, -0.2) is 35.3 Å². The smallest absolute Gasteiger partial charge is 0.374 e. The Balaban J connectivity index is 1.51. The van der Waals surface area contributed by atoms with Gasteiger partial charge in [-0.1, -0.05) is 18.2 Å². The number of nitrogens with zero attached hydrogens (tertiary/aromatic N) is 3. The molecule has 0 saturated carbocycles. The van der Waals surface area contributed by atoms with Crippen molar-refractivity contribution in [2.45, 2.75) is 32.9 Å². The molecule has 1 fully saturated rings. The Bertz CT molecular complexity index is 1130. The average Bonchev–Trinajstić information content (AvgIpc) is 3.42. The molecule has 0 unspecified atom stereocenters. The maximum Gasteiger partial charge on any atom is 0.416 e. The first-order valence-corrected chi connectivity index (χ1v) is 10.9. The fraction of sp³-hybridized carbons (Fsp3) is 0.333. The Morgan fingerprint density at radius 3 is 2.42 bits per heavy atom. The third-order valence-electron chi connectivity index (χ3n) is 5.77. The largest absolute Gasteiger partial charge is 0.416 e. The van der Waals surface area contributed by atoms with Crippen LogP contribution in [0.5, 0.6) is 0 Å². The van der Waals surface area contributed by atoms with Crippen molar-refractivity contribution in [2.24, 2.45) is 0 Å². The van der Waals surface area contributed by atoms with E-state index < -0.39 is 11.7 Å². The van der Waals surface area contributed by atoms with Crippen LogP contribution in [0.2, 0.25) is 0 Å². The number of hydrogen-bond acceptors (Lipinski definition) is 4. The first kappa shape index (κ1) is 22.7. The summed E-state index contributed by atoms with van der Waals surface area (Å²) in [6.45, 7) is 5.05. The molecule has 0 atom stereocenters. The molecule has 0 bridgehead atoms. The fourth-order valence-electron chi connectivity index (χ4n) is 4.09. The molecular formula is C24H26F3N5O. The van der Waals surface area contributed by atoms with Gasteiger partial charge in [0.05, 0.1) is 46.2 Å². The highest BCUT2D eigenvalue weighted by molar-refractivity contribution is 5.95. The van der Waals surface area contributed by atoms with Gasteiger partial charge < -0.3 is 15.5 Å². The van der Waals surface area contributed by atoms with Crippen molar-refractivity contribution in [3.8, 4) is 5.69 Å². The lowest BCUT2D eigenvalue weighted by Crippen LogP contribution is -2.25. The minimum absolute atomic E-state index is 0.169. The highest BCUT2D eigenvalue weighted by atomic mass is 19.4. The molecular weight excluding hydrogens is 431 g/mol. The van der Waals surface area contributed by atoms with Crippen LogP contribution in [0.1, 0.15) is 29.8 Å². The number of halogens is 3. The number of anilines is 3. The van der Waals surface area contributed by atoms with E-state index in [1.807, 2.05) is 42.2 Å². The summed E-state index contributed by atoms with van der Waals surface area (Å²) in [6.07, 6.45) is -2.47. The summed E-state index contributed by atoms with van der Waals surface area (Å²) >= 11 is 0. The number of alkyl halides is 3. The molecule has 1 aliphatic rings. The molecule has 33 heavy (non-hydrogen) atoms. The number of aromatic nitrogens is 2. The Labute approximate surface area is 190 Å². The topological polar surface area (TPSA) is 62.2 Å². The fourth-order valence-corrected chi connectivity index (χ4v) is 4.09. The normalized spacial score (nSPS) is 13.9. The molecule has 1 aliphatic heterocycles. The Morgan fingerprint density at radius 1 is 1.06 bits per heavy atom. The summed E-state index contributed by atoms with van der Waals surface area (Å²) in [5, 5.41) is 10.3. The van der Waals surface area contributed by atoms with Crippen LogP contribution < -0.4 is 15.5 Å². The second-order valence-corrected chi connectivity index (χ2v) is 8.12. The first-order valence-electron chi connectivity index (χ1n) is 10.9. The van der Waals surface area contributed by atoms with Crippen LogP contribution in [0.25, 0.3) is 5.69 Å². The van der Waals surface area contributed by atoms with Crippen LogP contribution in [0, 0.1) is 13.8 Å². The van der Waals surface area contributed by atoms with Crippen molar-refractivity contribution < 1.29 is 18.0 Å². The van der Waals surface area contributed by atoms with E-state index in [1.54, 1.807) is 11.6 Å². The van der Waals surface area contributed by atoms with E-state index in [9.17, 15) is 18.0 Å². The number of aryl methyl sites for hydroxylation is 1. The van der Waals surface area contributed by atoms with Gasteiger partial charge >= 0.3 is 6.18 Å². The van der Waals surface area contributed by atoms with Gasteiger partial charge in [0.1, 0.15) is 0 Å². The number of para-hydroxylation sites is 1. The monoisotopic (exact) mass is 457 g/mol. The quantitative estimate of drug-likeness (QED) is 0.537. The van der Waals surface area contributed by atoms with E-state index in [0.717, 1.165) is 49.4 Å². The van der Waals surface area contributed by atoms with E-state index in [-0.39, 0.29) is 12.5 Å². The van der Waals surface area contributed by atoms with Crippen molar-refractivity contribution in [1.82, 2.24) is 9.78 Å². The molecule has 4 rings (SSSR count). The van der Waals surface area contributed by atoms with Gasteiger partial charge in [0.2, 0.25) is 5.91 Å². The zero-order valence-corrected chi connectivity index (χ0v) is 18.5. The van der Waals surface area contributed by atoms with Crippen LogP contribution in [0.15, 0.2) is 48.5 Å². The van der Waals surface area contributed by atoms with Crippen LogP contribution in [0.3, 0.4) is 0 Å². The molecule has 0 radical (unpaired) electrons. The number of benzene rings is 2. The van der Waals surface area contributed by atoms with Crippen LogP contribution >= 0.6 is 0 Å². The molecule has 9 heteroatoms. The van der Waals surface area contributed by atoms with Crippen LogP contribution in [-0.2, 0) is 11.0 Å². The van der Waals surface area contributed by atoms with Crippen molar-refractivity contribution in [1.29, 1.82) is 0 Å². The lowest BCUT2D eigenvalue weighted by Gasteiger charge is -2.23. The maximum absolute atomic E-state index is 13.3. The van der Waals surface area contributed by atoms with Crippen molar-refractivity contribution >= 4 is 23.0 Å². The van der Waals surface area contributed by atoms with Crippen molar-refractivity contribution in [3.63, 3.8) is 0 Å². The lowest BCUT2D eigenvalue weighted by molar-refractivity contribution is -0.137. The summed E-state index contributed by atoms with van der Waals surface area (Å²) in [6, 6.07) is 13.2. The van der Waals surface area contributed by atoms with Gasteiger partial charge in [-0.2, -0.15) is 18.3 Å². The Hall–Kier alpha value is -3.49. The summed E-state index contributed by atoms with van der Waals surface area (Å²) in [7, 11) is 0. The summed E-state index contributed by atoms with van der Waals surface area (Å²) in [4.78, 5) is 14.7. The zero-order valence-electron chi connectivity index (χ0n) is 18.5. The van der Waals surface area contributed by atoms with Gasteiger partial charge in [-0.05, 0) is 57.0 Å². The summed E-state index contributed by atoms with van der Waals surface area (Å²) < 4.78 is 41.5. The minimum atomic E-state index is -4.46. The summed E-state index contributed by atoms with van der Waals surface area (Å²) in [5.41, 5.74) is 3.12. The van der Waals surface area contributed by atoms with E-state index in [0.29, 0.717) is 22.8 Å². The predicted molar refractivity (Wildman–Crippen MR) is 123 cm³/mol. The first-order chi connectivity index (χ1) is 15.7. The molecule has 2 aromatic carbocycles. The number of hydrogen-bond donors (Lipinski definition) is 2. The van der Waals surface area contributed by atoms with E-state index >= 15 is 0 Å². The summed E-state index contributed by atoms with van der Waals surface area (Å²) in [5.74, 6) is -0.362. The maximum atomic E-state index is 13.3. The van der Waals surface area contributed by atoms with Gasteiger partial charge in [-0.15, -0.1) is 0 Å². The predicted octanol–water partition coefficient (Wildman–Crippen LogP) is 5.16. The molecule has 174 valence electrons. The SMILES string of the molecule is Cc1nn(-c2ccccc2)c(C)c1NC(=O)CNc1cc(C(F)(F)F)ccc1N1CCCC1. The number of amides is 1. The molecule has 1 aromatic heterocycles. The molecule has 2 heterocycles. The zero-order chi connectivity index (χ0) is 23.6. The number of carbonyl (C=O) groups excluding carboxylic acids is 1. The minimum Gasteiger partial charge on any atom is -0.374 e. The second-order valence-electron chi connectivity index (χ2n) is 8.12. The van der Waals surface area contributed by atoms with Crippen molar-refractivity contribution in [3.05, 3.63) is 65.5 Å². The molecule has 6 nitrogen and oxygen atoms in total. The molecule has 0 spiro atoms. The average molecular weight is 458 g/mol. The third kappa shape index (κ3) is 4.97. The molecule has 3 aromatic rings. The molecule has 1 amide bonds. The Kier molecular flexibility index (Phi) is 6.31. The Morgan fingerprint density at radius 2 is 1.76 bits per heavy atom. The van der Waals surface area contributed by atoms with E-state index in [1.165, 1.54) is 6.07 Å². The molecule has 1 saturated heterocycles. The third-order valence-corrected chi connectivity index (χ3v) is 5.77. The van der Waals surface area contributed by atoms with Gasteiger partial charge in [0.15, 0.2) is 0 Å².